The number of anilines is 2. The Bertz CT molecular complexity index is 436. The van der Waals surface area contributed by atoms with Gasteiger partial charge in [0.2, 0.25) is 11.6 Å². The van der Waals surface area contributed by atoms with Gasteiger partial charge in [0.05, 0.1) is 4.92 Å². The molecule has 0 aliphatic carbocycles. The fourth-order valence-electron chi connectivity index (χ4n) is 1.85. The Morgan fingerprint density at radius 2 is 2.33 bits per heavy atom. The summed E-state index contributed by atoms with van der Waals surface area (Å²) >= 11 is 1.92. The number of nitrogens with one attached hydrogen (secondary N) is 2. The fourth-order valence-corrected chi connectivity index (χ4v) is 3.13. The number of thioether (sulfide) groups is 1. The summed E-state index contributed by atoms with van der Waals surface area (Å²) in [5.74, 6) is 3.35. The Morgan fingerprint density at radius 3 is 2.94 bits per heavy atom. The normalized spacial score (nSPS) is 18.6. The Labute approximate surface area is 109 Å². The second-order valence-corrected chi connectivity index (χ2v) is 5.19. The van der Waals surface area contributed by atoms with E-state index in [2.05, 4.69) is 20.6 Å². The summed E-state index contributed by atoms with van der Waals surface area (Å²) in [5, 5.41) is 16.8. The number of nitro groups is 1. The van der Waals surface area contributed by atoms with Gasteiger partial charge in [-0.05, 0) is 23.8 Å². The van der Waals surface area contributed by atoms with Crippen LogP contribution in [0.5, 0.6) is 0 Å². The molecular formula is C10H15N5O2S. The number of aromatic nitrogens is 2. The lowest BCUT2D eigenvalue weighted by molar-refractivity contribution is -0.383. The molecule has 1 aromatic rings. The Balaban J connectivity index is 2.13. The highest BCUT2D eigenvalue weighted by Crippen LogP contribution is 2.29. The average molecular weight is 269 g/mol. The maximum absolute atomic E-state index is 11.0. The molecule has 1 unspecified atom stereocenters. The average Bonchev–Trinajstić information content (AvgIpc) is 2.88. The van der Waals surface area contributed by atoms with Gasteiger partial charge in [0, 0.05) is 13.6 Å². The summed E-state index contributed by atoms with van der Waals surface area (Å²) in [6.07, 6.45) is 2.47. The first-order valence-corrected chi connectivity index (χ1v) is 6.86. The van der Waals surface area contributed by atoms with E-state index in [4.69, 9.17) is 0 Å². The molecular weight excluding hydrogens is 254 g/mol. The molecule has 0 amide bonds. The number of hydrogen-bond acceptors (Lipinski definition) is 7. The summed E-state index contributed by atoms with van der Waals surface area (Å²) < 4.78 is 0. The number of hydrogen-bond donors (Lipinski definition) is 2. The highest BCUT2D eigenvalue weighted by molar-refractivity contribution is 7.99. The molecule has 18 heavy (non-hydrogen) atoms. The van der Waals surface area contributed by atoms with Crippen LogP contribution < -0.4 is 10.6 Å². The molecule has 2 rings (SSSR count). The quantitative estimate of drug-likeness (QED) is 0.619. The lowest BCUT2D eigenvalue weighted by Crippen LogP contribution is -2.16. The lowest BCUT2D eigenvalue weighted by atomic mass is 10.1. The molecule has 1 fully saturated rings. The number of rotatable bonds is 5. The van der Waals surface area contributed by atoms with Crippen LogP contribution in [0.1, 0.15) is 6.42 Å². The van der Waals surface area contributed by atoms with Crippen LogP contribution in [-0.2, 0) is 0 Å². The maximum Gasteiger partial charge on any atom is 0.353 e. The molecule has 1 atom stereocenters. The third-order valence-electron chi connectivity index (χ3n) is 2.82. The van der Waals surface area contributed by atoms with Crippen molar-refractivity contribution in [2.24, 2.45) is 5.92 Å². The Morgan fingerprint density at radius 1 is 1.56 bits per heavy atom. The zero-order chi connectivity index (χ0) is 13.0. The van der Waals surface area contributed by atoms with Gasteiger partial charge in [0.15, 0.2) is 0 Å². The van der Waals surface area contributed by atoms with Gasteiger partial charge in [-0.1, -0.05) is 0 Å². The third-order valence-corrected chi connectivity index (χ3v) is 4.06. The van der Waals surface area contributed by atoms with Gasteiger partial charge in [-0.3, -0.25) is 10.1 Å². The van der Waals surface area contributed by atoms with Crippen LogP contribution in [0.3, 0.4) is 0 Å². The topological polar surface area (TPSA) is 93.0 Å². The highest BCUT2D eigenvalue weighted by atomic mass is 32.2. The molecule has 2 heterocycles. The molecule has 0 radical (unpaired) electrons. The number of nitrogens with zero attached hydrogens (tertiary/aromatic N) is 3. The molecule has 1 saturated heterocycles. The fraction of sp³-hybridized carbons (Fsp3) is 0.600. The van der Waals surface area contributed by atoms with E-state index in [9.17, 15) is 10.1 Å². The van der Waals surface area contributed by atoms with Crippen molar-refractivity contribution in [2.75, 3.05) is 35.7 Å². The van der Waals surface area contributed by atoms with Crippen LogP contribution in [0.2, 0.25) is 0 Å². The van der Waals surface area contributed by atoms with Crippen molar-refractivity contribution in [1.82, 2.24) is 9.97 Å². The monoisotopic (exact) mass is 269 g/mol. The van der Waals surface area contributed by atoms with Crippen molar-refractivity contribution < 1.29 is 4.92 Å². The maximum atomic E-state index is 11.0. The predicted octanol–water partition coefficient (Wildman–Crippen LogP) is 1.59. The van der Waals surface area contributed by atoms with E-state index in [1.807, 2.05) is 11.8 Å². The van der Waals surface area contributed by atoms with Crippen molar-refractivity contribution in [3.05, 3.63) is 16.4 Å². The van der Waals surface area contributed by atoms with E-state index in [1.165, 1.54) is 12.1 Å². The second kappa shape index (κ2) is 5.85. The first kappa shape index (κ1) is 12.9. The van der Waals surface area contributed by atoms with Crippen LogP contribution >= 0.6 is 11.8 Å². The molecule has 0 bridgehead atoms. The second-order valence-electron chi connectivity index (χ2n) is 4.04. The predicted molar refractivity (Wildman–Crippen MR) is 72.2 cm³/mol. The van der Waals surface area contributed by atoms with Gasteiger partial charge in [-0.25, -0.2) is 9.97 Å². The molecule has 8 heteroatoms. The lowest BCUT2D eigenvalue weighted by Gasteiger charge is -2.11. The Hall–Kier alpha value is -1.57. The van der Waals surface area contributed by atoms with Crippen LogP contribution in [0.25, 0.3) is 0 Å². The SMILES string of the molecule is CNc1ncnc(NCC2CCSC2)c1[N+](=O)[O-]. The van der Waals surface area contributed by atoms with Crippen LogP contribution in [0.15, 0.2) is 6.33 Å². The summed E-state index contributed by atoms with van der Waals surface area (Å²) in [6, 6.07) is 0. The van der Waals surface area contributed by atoms with Crippen LogP contribution in [0.4, 0.5) is 17.3 Å². The van der Waals surface area contributed by atoms with E-state index in [0.29, 0.717) is 12.5 Å². The van der Waals surface area contributed by atoms with Gasteiger partial charge in [-0.2, -0.15) is 11.8 Å². The molecule has 1 aliphatic rings. The largest absolute Gasteiger partial charge is 0.367 e. The minimum atomic E-state index is -0.461. The van der Waals surface area contributed by atoms with Crippen molar-refractivity contribution in [3.8, 4) is 0 Å². The molecule has 0 spiro atoms. The first-order valence-electron chi connectivity index (χ1n) is 5.71. The molecule has 7 nitrogen and oxygen atoms in total. The smallest absolute Gasteiger partial charge is 0.353 e. The summed E-state index contributed by atoms with van der Waals surface area (Å²) in [4.78, 5) is 18.4. The summed E-state index contributed by atoms with van der Waals surface area (Å²) in [5.41, 5.74) is -0.0920. The molecule has 0 saturated carbocycles. The first-order chi connectivity index (χ1) is 8.72. The van der Waals surface area contributed by atoms with E-state index in [1.54, 1.807) is 7.05 Å². The van der Waals surface area contributed by atoms with E-state index in [-0.39, 0.29) is 17.3 Å². The van der Waals surface area contributed by atoms with Crippen LogP contribution in [0, 0.1) is 16.0 Å². The van der Waals surface area contributed by atoms with Gasteiger partial charge in [0.1, 0.15) is 6.33 Å². The minimum Gasteiger partial charge on any atom is -0.367 e. The Kier molecular flexibility index (Phi) is 4.19. The zero-order valence-electron chi connectivity index (χ0n) is 10.0. The van der Waals surface area contributed by atoms with Crippen LogP contribution in [-0.4, -0.2) is 40.0 Å². The van der Waals surface area contributed by atoms with Gasteiger partial charge < -0.3 is 10.6 Å². The summed E-state index contributed by atoms with van der Waals surface area (Å²) in [6.45, 7) is 0.716. The molecule has 0 aromatic carbocycles. The van der Waals surface area contributed by atoms with E-state index in [0.717, 1.165) is 12.2 Å². The van der Waals surface area contributed by atoms with E-state index < -0.39 is 4.92 Å². The summed E-state index contributed by atoms with van der Waals surface area (Å²) in [7, 11) is 1.60. The molecule has 98 valence electrons. The van der Waals surface area contributed by atoms with Gasteiger partial charge in [0.25, 0.3) is 0 Å². The zero-order valence-corrected chi connectivity index (χ0v) is 10.9. The molecule has 1 aromatic heterocycles. The van der Waals surface area contributed by atoms with Crippen molar-refractivity contribution in [2.45, 2.75) is 6.42 Å². The van der Waals surface area contributed by atoms with Crippen molar-refractivity contribution in [1.29, 1.82) is 0 Å². The highest BCUT2D eigenvalue weighted by Gasteiger charge is 2.23. The van der Waals surface area contributed by atoms with Crippen molar-refractivity contribution in [3.63, 3.8) is 0 Å². The third kappa shape index (κ3) is 2.81. The van der Waals surface area contributed by atoms with Gasteiger partial charge in [-0.15, -0.1) is 0 Å². The molecule has 1 aliphatic heterocycles. The van der Waals surface area contributed by atoms with Crippen molar-refractivity contribution >= 4 is 29.1 Å². The van der Waals surface area contributed by atoms with Gasteiger partial charge >= 0.3 is 5.69 Å². The minimum absolute atomic E-state index is 0.0920. The molecule has 2 N–H and O–H groups in total. The standard InChI is InChI=1S/C10H15N5O2S/c1-11-9-8(15(16)17)10(14-6-13-9)12-4-7-2-3-18-5-7/h6-7H,2-5H2,1H3,(H2,11,12,13,14). The van der Waals surface area contributed by atoms with E-state index >= 15 is 0 Å².